The highest BCUT2D eigenvalue weighted by molar-refractivity contribution is 5.64. The first kappa shape index (κ1) is 8.35. The third-order valence-corrected chi connectivity index (χ3v) is 1.33. The van der Waals surface area contributed by atoms with E-state index in [2.05, 4.69) is 10.4 Å². The predicted molar refractivity (Wildman–Crippen MR) is 48.1 cm³/mol. The Morgan fingerprint density at radius 2 is 2.25 bits per heavy atom. The van der Waals surface area contributed by atoms with Gasteiger partial charge >= 0.3 is 0 Å². The van der Waals surface area contributed by atoms with Gasteiger partial charge in [0.1, 0.15) is 0 Å². The van der Waals surface area contributed by atoms with Crippen LogP contribution in [0, 0.1) is 0 Å². The van der Waals surface area contributed by atoms with Gasteiger partial charge in [-0.3, -0.25) is 10.8 Å². The second-order valence-electron chi connectivity index (χ2n) is 2.27. The lowest BCUT2D eigenvalue weighted by molar-refractivity contribution is 0.967. The average molecular weight is 165 g/mol. The molecular weight excluding hydrogens is 154 g/mol. The Kier molecular flexibility index (Phi) is 2.49. The summed E-state index contributed by atoms with van der Waals surface area (Å²) >= 11 is 0. The third-order valence-electron chi connectivity index (χ3n) is 1.33. The van der Waals surface area contributed by atoms with Crippen molar-refractivity contribution in [1.29, 1.82) is 0 Å². The quantitative estimate of drug-likeness (QED) is 0.345. The normalized spacial score (nSPS) is 11.2. The minimum Gasteiger partial charge on any atom is -0.397 e. The van der Waals surface area contributed by atoms with Gasteiger partial charge in [-0.2, -0.15) is 0 Å². The Balaban J connectivity index is 2.95. The van der Waals surface area contributed by atoms with Gasteiger partial charge in [0.15, 0.2) is 0 Å². The number of rotatable bonds is 2. The van der Waals surface area contributed by atoms with Crippen LogP contribution in [0.15, 0.2) is 24.7 Å². The summed E-state index contributed by atoms with van der Waals surface area (Å²) in [5.74, 6) is 5.05. The maximum atomic E-state index is 5.60. The van der Waals surface area contributed by atoms with Crippen molar-refractivity contribution >= 4 is 11.4 Å². The third kappa shape index (κ3) is 1.86. The molecule has 1 heterocycles. The molecule has 0 unspecified atom stereocenters. The maximum absolute atomic E-state index is 5.60. The number of nitrogens with one attached hydrogen (secondary N) is 1. The first-order valence-electron chi connectivity index (χ1n) is 3.36. The minimum absolute atomic E-state index is 0.498. The lowest BCUT2D eigenvalue weighted by atomic mass is 10.2. The van der Waals surface area contributed by atoms with Gasteiger partial charge in [0.05, 0.1) is 11.4 Å². The van der Waals surface area contributed by atoms with Crippen molar-refractivity contribution in [1.82, 2.24) is 10.4 Å². The number of nitrogens with zero attached hydrogens (tertiary/aromatic N) is 1. The molecule has 7 N–H and O–H groups in total. The standard InChI is InChI=1S/C7H11N5/c8-6-1-5(2-11-3-6)7(9)4-12-10/h1-4,12H,8-10H2/b7-4-. The average Bonchev–Trinajstić information content (AvgIpc) is 2.05. The highest BCUT2D eigenvalue weighted by Crippen LogP contribution is 2.09. The molecule has 0 atom stereocenters. The van der Waals surface area contributed by atoms with Crippen molar-refractivity contribution in [3.63, 3.8) is 0 Å². The van der Waals surface area contributed by atoms with Crippen LogP contribution >= 0.6 is 0 Å². The van der Waals surface area contributed by atoms with Crippen LogP contribution in [0.3, 0.4) is 0 Å². The molecule has 0 aliphatic rings. The van der Waals surface area contributed by atoms with Gasteiger partial charge in [0.25, 0.3) is 0 Å². The van der Waals surface area contributed by atoms with E-state index >= 15 is 0 Å². The summed E-state index contributed by atoms with van der Waals surface area (Å²) in [7, 11) is 0. The second kappa shape index (κ2) is 3.59. The number of hydrogen-bond acceptors (Lipinski definition) is 5. The number of pyridine rings is 1. The lowest BCUT2D eigenvalue weighted by Crippen LogP contribution is -2.16. The molecule has 0 aliphatic heterocycles. The van der Waals surface area contributed by atoms with E-state index in [9.17, 15) is 0 Å². The summed E-state index contributed by atoms with van der Waals surface area (Å²) < 4.78 is 0. The molecule has 5 heteroatoms. The van der Waals surface area contributed by atoms with E-state index in [-0.39, 0.29) is 0 Å². The van der Waals surface area contributed by atoms with E-state index in [0.29, 0.717) is 11.4 Å². The van der Waals surface area contributed by atoms with Gasteiger partial charge in [0, 0.05) is 24.2 Å². The Hall–Kier alpha value is -1.75. The Labute approximate surface area is 70.2 Å². The van der Waals surface area contributed by atoms with E-state index in [1.54, 1.807) is 18.5 Å². The summed E-state index contributed by atoms with van der Waals surface area (Å²) in [4.78, 5) is 3.87. The largest absolute Gasteiger partial charge is 0.397 e. The summed E-state index contributed by atoms with van der Waals surface area (Å²) in [5, 5.41) is 0. The molecule has 0 spiro atoms. The van der Waals surface area contributed by atoms with E-state index in [1.807, 2.05) is 0 Å². The summed E-state index contributed by atoms with van der Waals surface area (Å²) in [5.41, 5.74) is 15.2. The molecule has 0 aromatic carbocycles. The van der Waals surface area contributed by atoms with Crippen molar-refractivity contribution < 1.29 is 0 Å². The fourth-order valence-corrected chi connectivity index (χ4v) is 0.789. The zero-order valence-electron chi connectivity index (χ0n) is 6.49. The van der Waals surface area contributed by atoms with Crippen molar-refractivity contribution in [2.24, 2.45) is 11.6 Å². The first-order valence-corrected chi connectivity index (χ1v) is 3.36. The minimum atomic E-state index is 0.498. The molecule has 1 aromatic rings. The van der Waals surface area contributed by atoms with Crippen LogP contribution in [0.5, 0.6) is 0 Å². The number of nitrogen functional groups attached to an aromatic ring is 1. The topological polar surface area (TPSA) is 103 Å². The van der Waals surface area contributed by atoms with E-state index < -0.39 is 0 Å². The number of aromatic nitrogens is 1. The SMILES string of the molecule is NN/C=C(\N)c1cncc(N)c1. The molecule has 0 saturated carbocycles. The first-order chi connectivity index (χ1) is 5.74. The van der Waals surface area contributed by atoms with E-state index in [0.717, 1.165) is 5.56 Å². The van der Waals surface area contributed by atoms with Crippen LogP contribution in [0.1, 0.15) is 5.56 Å². The van der Waals surface area contributed by atoms with Crippen LogP contribution in [0.25, 0.3) is 5.70 Å². The second-order valence-corrected chi connectivity index (χ2v) is 2.27. The molecular formula is C7H11N5. The number of anilines is 1. The lowest BCUT2D eigenvalue weighted by Gasteiger charge is -2.01. The molecule has 0 aliphatic carbocycles. The molecule has 64 valence electrons. The Morgan fingerprint density at radius 1 is 1.50 bits per heavy atom. The summed E-state index contributed by atoms with van der Waals surface area (Å²) in [6.45, 7) is 0. The monoisotopic (exact) mass is 165 g/mol. The van der Waals surface area contributed by atoms with Gasteiger partial charge in [-0.15, -0.1) is 0 Å². The van der Waals surface area contributed by atoms with Gasteiger partial charge in [-0.1, -0.05) is 0 Å². The van der Waals surface area contributed by atoms with Crippen molar-refractivity contribution in [3.8, 4) is 0 Å². The fraction of sp³-hybridized carbons (Fsp3) is 0. The van der Waals surface area contributed by atoms with Crippen LogP contribution < -0.4 is 22.7 Å². The predicted octanol–water partition coefficient (Wildman–Crippen LogP) is -0.616. The van der Waals surface area contributed by atoms with Crippen molar-refractivity contribution in [2.75, 3.05) is 5.73 Å². The zero-order valence-corrected chi connectivity index (χ0v) is 6.49. The van der Waals surface area contributed by atoms with Crippen LogP contribution in [-0.2, 0) is 0 Å². The van der Waals surface area contributed by atoms with Gasteiger partial charge in [-0.25, -0.2) is 0 Å². The summed E-state index contributed by atoms with van der Waals surface area (Å²) in [6, 6.07) is 1.72. The smallest absolute Gasteiger partial charge is 0.0577 e. The number of nitrogens with two attached hydrogens (primary N) is 3. The van der Waals surface area contributed by atoms with Crippen LogP contribution in [-0.4, -0.2) is 4.98 Å². The maximum Gasteiger partial charge on any atom is 0.0577 e. The van der Waals surface area contributed by atoms with Gasteiger partial charge in [-0.05, 0) is 6.07 Å². The van der Waals surface area contributed by atoms with Crippen LogP contribution in [0.4, 0.5) is 5.69 Å². The molecule has 5 nitrogen and oxygen atoms in total. The van der Waals surface area contributed by atoms with Crippen molar-refractivity contribution in [3.05, 3.63) is 30.2 Å². The molecule has 12 heavy (non-hydrogen) atoms. The highest BCUT2D eigenvalue weighted by Gasteiger charge is 1.95. The summed E-state index contributed by atoms with van der Waals surface area (Å²) in [6.07, 6.45) is 4.63. The van der Waals surface area contributed by atoms with Crippen molar-refractivity contribution in [2.45, 2.75) is 0 Å². The fourth-order valence-electron chi connectivity index (χ4n) is 0.789. The van der Waals surface area contributed by atoms with E-state index in [1.165, 1.54) is 6.20 Å². The number of hydrazine groups is 1. The van der Waals surface area contributed by atoms with E-state index in [4.69, 9.17) is 17.3 Å². The molecule has 0 fully saturated rings. The van der Waals surface area contributed by atoms with Crippen LogP contribution in [0.2, 0.25) is 0 Å². The molecule has 0 amide bonds. The Bertz CT molecular complexity index is 294. The Morgan fingerprint density at radius 3 is 2.83 bits per heavy atom. The van der Waals surface area contributed by atoms with Gasteiger partial charge < -0.3 is 16.9 Å². The zero-order chi connectivity index (χ0) is 8.97. The molecule has 0 radical (unpaired) electrons. The molecule has 1 aromatic heterocycles. The molecule has 1 rings (SSSR count). The molecule has 0 saturated heterocycles. The highest BCUT2D eigenvalue weighted by atomic mass is 15.2. The number of hydrogen-bond donors (Lipinski definition) is 4. The van der Waals surface area contributed by atoms with Gasteiger partial charge in [0.2, 0.25) is 0 Å². The molecule has 0 bridgehead atoms.